The second-order valence-electron chi connectivity index (χ2n) is 6.93. The lowest BCUT2D eigenvalue weighted by molar-refractivity contribution is -0.137. The van der Waals surface area contributed by atoms with Crippen LogP contribution in [0, 0.1) is 0 Å². The molecule has 1 aliphatic rings. The molecule has 1 saturated heterocycles. The van der Waals surface area contributed by atoms with Crippen LogP contribution in [0.25, 0.3) is 0 Å². The van der Waals surface area contributed by atoms with Crippen LogP contribution in [0.5, 0.6) is 0 Å². The molecule has 1 amide bonds. The first-order valence-electron chi connectivity index (χ1n) is 9.39. The lowest BCUT2D eigenvalue weighted by atomic mass is 10.1. The summed E-state index contributed by atoms with van der Waals surface area (Å²) in [6.45, 7) is 2.36. The topological polar surface area (TPSA) is 61.9 Å². The number of nitrogens with one attached hydrogen (secondary N) is 1. The molecule has 6 nitrogen and oxygen atoms in total. The largest absolute Gasteiger partial charge is 0.465 e. The zero-order chi connectivity index (χ0) is 21.7. The van der Waals surface area contributed by atoms with E-state index in [4.69, 9.17) is 0 Å². The highest BCUT2D eigenvalue weighted by Gasteiger charge is 2.31. The molecular formula is C21H22F3N3O3. The molecular weight excluding hydrogens is 399 g/mol. The normalized spacial score (nSPS) is 15.0. The van der Waals surface area contributed by atoms with Crippen LogP contribution in [-0.4, -0.2) is 56.6 Å². The summed E-state index contributed by atoms with van der Waals surface area (Å²) in [6, 6.07) is 11.7. The number of esters is 1. The van der Waals surface area contributed by atoms with Crippen LogP contribution in [-0.2, 0) is 15.7 Å². The standard InChI is InChI=1S/C21H22F3N3O3/c1-30-20(29)15-5-7-17(8-6-15)25-19(28)14-26-9-11-27(12-10-26)18-4-2-3-16(13-18)21(22,23)24/h2-8,13H,9-12,14H2,1H3,(H,25,28). The summed E-state index contributed by atoms with van der Waals surface area (Å²) in [5, 5.41) is 2.77. The van der Waals surface area contributed by atoms with Gasteiger partial charge in [-0.2, -0.15) is 13.2 Å². The molecule has 2 aromatic rings. The number of piperazine rings is 1. The van der Waals surface area contributed by atoms with E-state index in [2.05, 4.69) is 10.1 Å². The number of amides is 1. The third-order valence-electron chi connectivity index (χ3n) is 4.87. The monoisotopic (exact) mass is 421 g/mol. The van der Waals surface area contributed by atoms with Crippen molar-refractivity contribution >= 4 is 23.3 Å². The van der Waals surface area contributed by atoms with E-state index in [1.807, 2.05) is 9.80 Å². The molecule has 0 saturated carbocycles. The molecule has 1 heterocycles. The van der Waals surface area contributed by atoms with Gasteiger partial charge in [-0.3, -0.25) is 9.69 Å². The van der Waals surface area contributed by atoms with E-state index in [-0.39, 0.29) is 12.5 Å². The SMILES string of the molecule is COC(=O)c1ccc(NC(=O)CN2CCN(c3cccc(C(F)(F)F)c3)CC2)cc1. The fourth-order valence-electron chi connectivity index (χ4n) is 3.25. The zero-order valence-electron chi connectivity index (χ0n) is 16.4. The van der Waals surface area contributed by atoms with Gasteiger partial charge in [0.2, 0.25) is 5.91 Å². The minimum atomic E-state index is -4.37. The van der Waals surface area contributed by atoms with Gasteiger partial charge in [0.1, 0.15) is 0 Å². The van der Waals surface area contributed by atoms with Crippen molar-refractivity contribution in [1.82, 2.24) is 4.90 Å². The van der Waals surface area contributed by atoms with Crippen molar-refractivity contribution in [2.24, 2.45) is 0 Å². The van der Waals surface area contributed by atoms with Gasteiger partial charge in [0.25, 0.3) is 0 Å². The Bertz CT molecular complexity index is 892. The zero-order valence-corrected chi connectivity index (χ0v) is 16.4. The number of alkyl halides is 3. The Morgan fingerprint density at radius 1 is 1.03 bits per heavy atom. The first-order chi connectivity index (χ1) is 14.3. The molecule has 1 aliphatic heterocycles. The molecule has 3 rings (SSSR count). The Hall–Kier alpha value is -3.07. The fourth-order valence-corrected chi connectivity index (χ4v) is 3.25. The molecule has 0 unspecified atom stereocenters. The predicted octanol–water partition coefficient (Wildman–Crippen LogP) is 3.25. The van der Waals surface area contributed by atoms with Gasteiger partial charge in [-0.15, -0.1) is 0 Å². The summed E-state index contributed by atoms with van der Waals surface area (Å²) < 4.78 is 43.3. The molecule has 9 heteroatoms. The highest BCUT2D eigenvalue weighted by Crippen LogP contribution is 2.31. The van der Waals surface area contributed by atoms with E-state index in [0.717, 1.165) is 12.1 Å². The van der Waals surface area contributed by atoms with E-state index in [9.17, 15) is 22.8 Å². The molecule has 30 heavy (non-hydrogen) atoms. The van der Waals surface area contributed by atoms with Crippen molar-refractivity contribution in [3.63, 3.8) is 0 Å². The van der Waals surface area contributed by atoms with Gasteiger partial charge in [-0.05, 0) is 42.5 Å². The lowest BCUT2D eigenvalue weighted by Crippen LogP contribution is -2.48. The number of methoxy groups -OCH3 is 1. The molecule has 1 N–H and O–H groups in total. The first-order valence-corrected chi connectivity index (χ1v) is 9.39. The first kappa shape index (κ1) is 21.6. The Kier molecular flexibility index (Phi) is 6.61. The second kappa shape index (κ2) is 9.17. The van der Waals surface area contributed by atoms with E-state index >= 15 is 0 Å². The summed E-state index contributed by atoms with van der Waals surface area (Å²) >= 11 is 0. The molecule has 0 bridgehead atoms. The number of ether oxygens (including phenoxy) is 1. The third kappa shape index (κ3) is 5.50. The van der Waals surface area contributed by atoms with E-state index < -0.39 is 17.7 Å². The number of hydrogen-bond donors (Lipinski definition) is 1. The smallest absolute Gasteiger partial charge is 0.416 e. The van der Waals surface area contributed by atoms with Gasteiger partial charge >= 0.3 is 12.1 Å². The van der Waals surface area contributed by atoms with Gasteiger partial charge in [0.05, 0.1) is 24.8 Å². The van der Waals surface area contributed by atoms with Crippen LogP contribution in [0.4, 0.5) is 24.5 Å². The maximum absolute atomic E-state index is 12.9. The van der Waals surface area contributed by atoms with Gasteiger partial charge in [0, 0.05) is 37.6 Å². The molecule has 2 aromatic carbocycles. The summed E-state index contributed by atoms with van der Waals surface area (Å²) in [4.78, 5) is 27.5. The molecule has 0 atom stereocenters. The lowest BCUT2D eigenvalue weighted by Gasteiger charge is -2.36. The maximum atomic E-state index is 12.9. The van der Waals surface area contributed by atoms with Crippen LogP contribution in [0.15, 0.2) is 48.5 Å². The number of anilines is 2. The van der Waals surface area contributed by atoms with Crippen molar-refractivity contribution in [3.05, 3.63) is 59.7 Å². The van der Waals surface area contributed by atoms with Crippen molar-refractivity contribution < 1.29 is 27.5 Å². The summed E-state index contributed by atoms with van der Waals surface area (Å²) in [5.74, 6) is -0.653. The minimum absolute atomic E-state index is 0.176. The number of carbonyl (C=O) groups excluding carboxylic acids is 2. The highest BCUT2D eigenvalue weighted by molar-refractivity contribution is 5.94. The average molecular weight is 421 g/mol. The molecule has 0 aliphatic carbocycles. The Labute approximate surface area is 172 Å². The van der Waals surface area contributed by atoms with Crippen LogP contribution in [0.2, 0.25) is 0 Å². The van der Waals surface area contributed by atoms with Crippen molar-refractivity contribution in [2.45, 2.75) is 6.18 Å². The quantitative estimate of drug-likeness (QED) is 0.751. The van der Waals surface area contributed by atoms with E-state index in [1.54, 1.807) is 30.3 Å². The minimum Gasteiger partial charge on any atom is -0.465 e. The van der Waals surface area contributed by atoms with Crippen LogP contribution in [0.1, 0.15) is 15.9 Å². The summed E-state index contributed by atoms with van der Waals surface area (Å²) in [7, 11) is 1.30. The van der Waals surface area contributed by atoms with Crippen molar-refractivity contribution in [3.8, 4) is 0 Å². The average Bonchev–Trinajstić information content (AvgIpc) is 2.73. The van der Waals surface area contributed by atoms with E-state index in [0.29, 0.717) is 43.1 Å². The van der Waals surface area contributed by atoms with Gasteiger partial charge in [-0.1, -0.05) is 6.07 Å². The molecule has 0 radical (unpaired) electrons. The van der Waals surface area contributed by atoms with Gasteiger partial charge in [0.15, 0.2) is 0 Å². The number of nitrogens with zero attached hydrogens (tertiary/aromatic N) is 2. The third-order valence-corrected chi connectivity index (χ3v) is 4.87. The number of halogens is 3. The Morgan fingerprint density at radius 3 is 2.30 bits per heavy atom. The fraction of sp³-hybridized carbons (Fsp3) is 0.333. The predicted molar refractivity (Wildman–Crippen MR) is 107 cm³/mol. The van der Waals surface area contributed by atoms with Gasteiger partial charge in [-0.25, -0.2) is 4.79 Å². The maximum Gasteiger partial charge on any atom is 0.416 e. The van der Waals surface area contributed by atoms with Crippen molar-refractivity contribution in [2.75, 3.05) is 50.1 Å². The van der Waals surface area contributed by atoms with Crippen LogP contribution < -0.4 is 10.2 Å². The Morgan fingerprint density at radius 2 is 1.70 bits per heavy atom. The molecule has 160 valence electrons. The number of hydrogen-bond acceptors (Lipinski definition) is 5. The number of benzene rings is 2. The second-order valence-corrected chi connectivity index (χ2v) is 6.93. The summed E-state index contributed by atoms with van der Waals surface area (Å²) in [6.07, 6.45) is -4.37. The summed E-state index contributed by atoms with van der Waals surface area (Å²) in [5.41, 5.74) is 0.816. The van der Waals surface area contributed by atoms with Crippen molar-refractivity contribution in [1.29, 1.82) is 0 Å². The van der Waals surface area contributed by atoms with E-state index in [1.165, 1.54) is 13.2 Å². The van der Waals surface area contributed by atoms with Crippen LogP contribution in [0.3, 0.4) is 0 Å². The molecule has 0 spiro atoms. The van der Waals surface area contributed by atoms with Crippen LogP contribution >= 0.6 is 0 Å². The molecule has 1 fully saturated rings. The highest BCUT2D eigenvalue weighted by atomic mass is 19.4. The number of carbonyl (C=O) groups is 2. The van der Waals surface area contributed by atoms with Gasteiger partial charge < -0.3 is 15.0 Å². The Balaban J connectivity index is 1.50. The number of rotatable bonds is 5. The molecule has 0 aromatic heterocycles.